The van der Waals surface area contributed by atoms with Crippen LogP contribution in [0.5, 0.6) is 0 Å². The molecule has 0 radical (unpaired) electrons. The molecule has 15 heavy (non-hydrogen) atoms. The highest BCUT2D eigenvalue weighted by Gasteiger charge is 2.13. The minimum Gasteiger partial charge on any atom is -0.478 e. The van der Waals surface area contributed by atoms with Crippen LogP contribution in [0.2, 0.25) is 0 Å². The molecule has 6 heteroatoms. The van der Waals surface area contributed by atoms with Gasteiger partial charge in [0.05, 0.1) is 15.6 Å². The quantitative estimate of drug-likeness (QED) is 0.855. The number of aryl methyl sites for hydroxylation is 1. The van der Waals surface area contributed by atoms with Crippen LogP contribution < -0.4 is 5.76 Å². The number of aromatic carboxylic acids is 1. The molecule has 2 rings (SSSR count). The van der Waals surface area contributed by atoms with E-state index in [0.29, 0.717) is 15.6 Å². The van der Waals surface area contributed by atoms with Gasteiger partial charge in [-0.2, -0.15) is 0 Å². The average molecular weight is 272 g/mol. The van der Waals surface area contributed by atoms with Crippen molar-refractivity contribution in [2.45, 2.75) is 0 Å². The normalized spacial score (nSPS) is 10.8. The number of carbonyl (C=O) groups is 1. The number of oxazole rings is 1. The van der Waals surface area contributed by atoms with Crippen molar-refractivity contribution in [3.8, 4) is 0 Å². The Bertz CT molecular complexity index is 610. The molecule has 0 saturated carbocycles. The predicted molar refractivity (Wildman–Crippen MR) is 56.1 cm³/mol. The van der Waals surface area contributed by atoms with Gasteiger partial charge in [-0.15, -0.1) is 0 Å². The second-order valence-electron chi connectivity index (χ2n) is 3.04. The molecule has 1 aromatic carbocycles. The van der Waals surface area contributed by atoms with E-state index in [1.165, 1.54) is 23.7 Å². The van der Waals surface area contributed by atoms with Crippen LogP contribution in [-0.2, 0) is 7.05 Å². The van der Waals surface area contributed by atoms with Gasteiger partial charge in [0.25, 0.3) is 0 Å². The Hall–Kier alpha value is -1.56. The average Bonchev–Trinajstić information content (AvgIpc) is 2.45. The Morgan fingerprint density at radius 2 is 2.20 bits per heavy atom. The van der Waals surface area contributed by atoms with Gasteiger partial charge in [0.2, 0.25) is 0 Å². The molecule has 78 valence electrons. The molecule has 1 N–H and O–H groups in total. The van der Waals surface area contributed by atoms with Gasteiger partial charge in [-0.3, -0.25) is 4.57 Å². The van der Waals surface area contributed by atoms with Crippen LogP contribution >= 0.6 is 15.9 Å². The van der Waals surface area contributed by atoms with Crippen LogP contribution in [0.3, 0.4) is 0 Å². The van der Waals surface area contributed by atoms with E-state index in [-0.39, 0.29) is 5.56 Å². The number of hydrogen-bond donors (Lipinski definition) is 1. The smallest absolute Gasteiger partial charge is 0.419 e. The van der Waals surface area contributed by atoms with Crippen LogP contribution in [0.4, 0.5) is 0 Å². The van der Waals surface area contributed by atoms with Gasteiger partial charge in [0.15, 0.2) is 5.58 Å². The standard InChI is InChI=1S/C9H6BrNO4/c1-11-6-3-4(8(12)13)2-5(10)7(6)15-9(11)14/h2-3H,1H3,(H,12,13). The van der Waals surface area contributed by atoms with Crippen LogP contribution in [0.25, 0.3) is 11.1 Å². The third kappa shape index (κ3) is 1.46. The number of carboxylic acid groups (broad SMARTS) is 1. The van der Waals surface area contributed by atoms with Crippen molar-refractivity contribution in [2.75, 3.05) is 0 Å². The minimum atomic E-state index is -1.05. The molecule has 0 spiro atoms. The summed E-state index contributed by atoms with van der Waals surface area (Å²) in [7, 11) is 1.52. The van der Waals surface area contributed by atoms with E-state index in [1.54, 1.807) is 0 Å². The molecule has 1 heterocycles. The van der Waals surface area contributed by atoms with Crippen molar-refractivity contribution in [3.63, 3.8) is 0 Å². The Labute approximate surface area is 92.1 Å². The Morgan fingerprint density at radius 3 is 2.80 bits per heavy atom. The molecule has 2 aromatic rings. The highest BCUT2D eigenvalue weighted by molar-refractivity contribution is 9.10. The van der Waals surface area contributed by atoms with Crippen LogP contribution in [0.15, 0.2) is 25.8 Å². The molecule has 0 aliphatic heterocycles. The van der Waals surface area contributed by atoms with Crippen LogP contribution in [0, 0.1) is 0 Å². The zero-order valence-corrected chi connectivity index (χ0v) is 9.24. The summed E-state index contributed by atoms with van der Waals surface area (Å²) in [5.41, 5.74) is 0.907. The van der Waals surface area contributed by atoms with Crippen LogP contribution in [0.1, 0.15) is 10.4 Å². The second-order valence-corrected chi connectivity index (χ2v) is 3.89. The second kappa shape index (κ2) is 3.23. The first kappa shape index (κ1) is 9.97. The molecule has 0 saturated heterocycles. The largest absolute Gasteiger partial charge is 0.478 e. The third-order valence-electron chi connectivity index (χ3n) is 2.10. The van der Waals surface area contributed by atoms with Crippen molar-refractivity contribution in [3.05, 3.63) is 32.7 Å². The molecular weight excluding hydrogens is 266 g/mol. The number of carboxylic acids is 1. The highest BCUT2D eigenvalue weighted by atomic mass is 79.9. The summed E-state index contributed by atoms with van der Waals surface area (Å²) in [6, 6.07) is 2.79. The fraction of sp³-hybridized carbons (Fsp3) is 0.111. The molecule has 0 unspecified atom stereocenters. The maximum Gasteiger partial charge on any atom is 0.419 e. The molecule has 5 nitrogen and oxygen atoms in total. The van der Waals surface area contributed by atoms with Gasteiger partial charge in [0.1, 0.15) is 0 Å². The summed E-state index contributed by atoms with van der Waals surface area (Å²) >= 11 is 3.15. The van der Waals surface area contributed by atoms with Gasteiger partial charge >= 0.3 is 11.7 Å². The topological polar surface area (TPSA) is 72.4 Å². The molecule has 0 aliphatic carbocycles. The molecule has 0 amide bonds. The fourth-order valence-electron chi connectivity index (χ4n) is 1.31. The van der Waals surface area contributed by atoms with Crippen molar-refractivity contribution in [1.29, 1.82) is 0 Å². The summed E-state index contributed by atoms with van der Waals surface area (Å²) in [4.78, 5) is 22.0. The Morgan fingerprint density at radius 1 is 1.53 bits per heavy atom. The zero-order valence-electron chi connectivity index (χ0n) is 7.65. The van der Waals surface area contributed by atoms with E-state index >= 15 is 0 Å². The predicted octanol–water partition coefficient (Wildman–Crippen LogP) is 1.59. The van der Waals surface area contributed by atoms with Crippen molar-refractivity contribution in [1.82, 2.24) is 4.57 Å². The summed E-state index contributed by atoms with van der Waals surface area (Å²) in [6.07, 6.45) is 0. The summed E-state index contributed by atoms with van der Waals surface area (Å²) in [5.74, 6) is -1.57. The highest BCUT2D eigenvalue weighted by Crippen LogP contribution is 2.24. The van der Waals surface area contributed by atoms with Gasteiger partial charge < -0.3 is 9.52 Å². The van der Waals surface area contributed by atoms with Crippen molar-refractivity contribution >= 4 is 33.0 Å². The van der Waals surface area contributed by atoms with E-state index in [4.69, 9.17) is 9.52 Å². The number of rotatable bonds is 1. The lowest BCUT2D eigenvalue weighted by Crippen LogP contribution is -2.08. The summed E-state index contributed by atoms with van der Waals surface area (Å²) in [6.45, 7) is 0. The Kier molecular flexibility index (Phi) is 2.15. The number of halogens is 1. The first-order chi connectivity index (χ1) is 7.00. The van der Waals surface area contributed by atoms with Gasteiger partial charge in [-0.25, -0.2) is 9.59 Å². The Balaban J connectivity index is 2.91. The number of benzene rings is 1. The molecular formula is C9H6BrNO4. The molecule has 1 aromatic heterocycles. The molecule has 0 aliphatic rings. The summed E-state index contributed by atoms with van der Waals surface area (Å²) < 4.78 is 6.64. The van der Waals surface area contributed by atoms with E-state index in [0.717, 1.165) is 0 Å². The summed E-state index contributed by atoms with van der Waals surface area (Å²) in [5, 5.41) is 8.83. The molecule has 0 fully saturated rings. The monoisotopic (exact) mass is 271 g/mol. The molecule has 0 atom stereocenters. The van der Waals surface area contributed by atoms with Gasteiger partial charge in [0, 0.05) is 7.05 Å². The van der Waals surface area contributed by atoms with Gasteiger partial charge in [-0.05, 0) is 28.1 Å². The lowest BCUT2D eigenvalue weighted by atomic mass is 10.2. The minimum absolute atomic E-state index is 0.103. The first-order valence-electron chi connectivity index (χ1n) is 4.03. The number of hydrogen-bond acceptors (Lipinski definition) is 3. The van der Waals surface area contributed by atoms with E-state index in [2.05, 4.69) is 15.9 Å². The number of aromatic nitrogens is 1. The lowest BCUT2D eigenvalue weighted by Gasteiger charge is -1.97. The fourth-order valence-corrected chi connectivity index (χ4v) is 1.84. The third-order valence-corrected chi connectivity index (χ3v) is 2.68. The zero-order chi connectivity index (χ0) is 11.2. The van der Waals surface area contributed by atoms with E-state index < -0.39 is 11.7 Å². The maximum atomic E-state index is 11.2. The van der Waals surface area contributed by atoms with Crippen LogP contribution in [-0.4, -0.2) is 15.6 Å². The van der Waals surface area contributed by atoms with Crippen molar-refractivity contribution < 1.29 is 14.3 Å². The van der Waals surface area contributed by atoms with E-state index in [1.807, 2.05) is 0 Å². The maximum absolute atomic E-state index is 11.2. The number of nitrogens with zero attached hydrogens (tertiary/aromatic N) is 1. The van der Waals surface area contributed by atoms with Gasteiger partial charge in [-0.1, -0.05) is 0 Å². The number of fused-ring (bicyclic) bond motifs is 1. The van der Waals surface area contributed by atoms with Crippen molar-refractivity contribution in [2.24, 2.45) is 7.05 Å². The SMILES string of the molecule is Cn1c(=O)oc2c(Br)cc(C(=O)O)cc21. The van der Waals surface area contributed by atoms with E-state index in [9.17, 15) is 9.59 Å². The lowest BCUT2D eigenvalue weighted by molar-refractivity contribution is 0.0697. The first-order valence-corrected chi connectivity index (χ1v) is 4.82. The molecule has 0 bridgehead atoms.